The summed E-state index contributed by atoms with van der Waals surface area (Å²) in [5, 5.41) is 0. The van der Waals surface area contributed by atoms with E-state index in [1.54, 1.807) is 0 Å². The van der Waals surface area contributed by atoms with Crippen LogP contribution in [0.5, 0.6) is 0 Å². The van der Waals surface area contributed by atoms with Gasteiger partial charge in [0, 0.05) is 10.5 Å². The van der Waals surface area contributed by atoms with Gasteiger partial charge in [0.25, 0.3) is 0 Å². The second-order valence-electron chi connectivity index (χ2n) is 5.85. The second kappa shape index (κ2) is 6.73. The molecule has 0 heterocycles. The normalized spacial score (nSPS) is 16.5. The van der Waals surface area contributed by atoms with Gasteiger partial charge in [-0.1, -0.05) is 58.7 Å². The molecule has 0 radical (unpaired) electrons. The van der Waals surface area contributed by atoms with Crippen LogP contribution in [0.1, 0.15) is 47.9 Å². The number of benzene rings is 2. The van der Waals surface area contributed by atoms with Gasteiger partial charge < -0.3 is 0 Å². The highest BCUT2D eigenvalue weighted by atomic mass is 79.9. The molecule has 0 aliphatic heterocycles. The van der Waals surface area contributed by atoms with Crippen LogP contribution >= 0.6 is 15.9 Å². The lowest BCUT2D eigenvalue weighted by Gasteiger charge is -2.27. The van der Waals surface area contributed by atoms with Crippen LogP contribution in [0.2, 0.25) is 0 Å². The maximum absolute atomic E-state index is 5.80. The lowest BCUT2D eigenvalue weighted by Crippen LogP contribution is -2.29. The fourth-order valence-corrected chi connectivity index (χ4v) is 3.16. The van der Waals surface area contributed by atoms with Crippen molar-refractivity contribution in [1.29, 1.82) is 0 Å². The van der Waals surface area contributed by atoms with Crippen LogP contribution in [0, 0.1) is 0 Å². The SMILES string of the molecule is NNC(Cc1ccc(Br)cc1)c1cccc(C2CCC2)c1. The Morgan fingerprint density at radius 3 is 2.52 bits per heavy atom. The Bertz CT molecular complexity index is 590. The van der Waals surface area contributed by atoms with Gasteiger partial charge in [0.2, 0.25) is 0 Å². The number of hydrogen-bond donors (Lipinski definition) is 2. The van der Waals surface area contributed by atoms with Gasteiger partial charge in [-0.2, -0.15) is 0 Å². The number of hydrogen-bond acceptors (Lipinski definition) is 2. The molecule has 1 aliphatic carbocycles. The smallest absolute Gasteiger partial charge is 0.0500 e. The van der Waals surface area contributed by atoms with Crippen LogP contribution in [0.4, 0.5) is 0 Å². The molecule has 3 heteroatoms. The Morgan fingerprint density at radius 2 is 1.90 bits per heavy atom. The summed E-state index contributed by atoms with van der Waals surface area (Å²) in [6, 6.07) is 17.5. The first-order valence-corrected chi connectivity index (χ1v) is 8.36. The van der Waals surface area contributed by atoms with Gasteiger partial charge in [-0.15, -0.1) is 0 Å². The summed E-state index contributed by atoms with van der Waals surface area (Å²) in [5.74, 6) is 6.56. The minimum absolute atomic E-state index is 0.159. The van der Waals surface area contributed by atoms with E-state index in [1.165, 1.54) is 36.0 Å². The van der Waals surface area contributed by atoms with Crippen molar-refractivity contribution in [3.8, 4) is 0 Å². The number of rotatable bonds is 5. The first-order valence-electron chi connectivity index (χ1n) is 7.56. The molecule has 0 spiro atoms. The molecule has 0 bridgehead atoms. The van der Waals surface area contributed by atoms with Crippen molar-refractivity contribution in [1.82, 2.24) is 5.43 Å². The quantitative estimate of drug-likeness (QED) is 0.620. The lowest BCUT2D eigenvalue weighted by atomic mass is 9.79. The maximum atomic E-state index is 5.80. The summed E-state index contributed by atoms with van der Waals surface area (Å²) < 4.78 is 1.11. The zero-order chi connectivity index (χ0) is 14.7. The predicted octanol–water partition coefficient (Wildman–Crippen LogP) is 4.46. The molecule has 2 aromatic carbocycles. The van der Waals surface area contributed by atoms with Gasteiger partial charge in [0.05, 0.1) is 0 Å². The Hall–Kier alpha value is -1.16. The second-order valence-corrected chi connectivity index (χ2v) is 6.76. The lowest BCUT2D eigenvalue weighted by molar-refractivity contribution is 0.419. The molecule has 0 saturated heterocycles. The summed E-state index contributed by atoms with van der Waals surface area (Å²) >= 11 is 3.47. The molecule has 1 aliphatic rings. The molecule has 110 valence electrons. The molecule has 0 aromatic heterocycles. The largest absolute Gasteiger partial charge is 0.271 e. The van der Waals surface area contributed by atoms with Crippen molar-refractivity contribution < 1.29 is 0 Å². The molecule has 2 aromatic rings. The van der Waals surface area contributed by atoms with Crippen molar-refractivity contribution >= 4 is 15.9 Å². The fourth-order valence-electron chi connectivity index (χ4n) is 2.90. The third-order valence-corrected chi connectivity index (χ3v) is 4.97. The molecule has 1 fully saturated rings. The molecule has 1 atom stereocenters. The number of nitrogens with two attached hydrogens (primary N) is 1. The highest BCUT2D eigenvalue weighted by molar-refractivity contribution is 9.10. The summed E-state index contributed by atoms with van der Waals surface area (Å²) in [7, 11) is 0. The van der Waals surface area contributed by atoms with Gasteiger partial charge in [-0.3, -0.25) is 11.3 Å². The van der Waals surface area contributed by atoms with E-state index < -0.39 is 0 Å². The average molecular weight is 345 g/mol. The minimum atomic E-state index is 0.159. The van der Waals surface area contributed by atoms with Gasteiger partial charge in [0.15, 0.2) is 0 Å². The van der Waals surface area contributed by atoms with E-state index in [9.17, 15) is 0 Å². The summed E-state index contributed by atoms with van der Waals surface area (Å²) in [6.45, 7) is 0. The predicted molar refractivity (Wildman–Crippen MR) is 90.9 cm³/mol. The Kier molecular flexibility index (Phi) is 4.73. The summed E-state index contributed by atoms with van der Waals surface area (Å²) in [4.78, 5) is 0. The molecule has 3 rings (SSSR count). The molecule has 2 nitrogen and oxygen atoms in total. The fraction of sp³-hybridized carbons (Fsp3) is 0.333. The maximum Gasteiger partial charge on any atom is 0.0500 e. The number of hydrazine groups is 1. The first kappa shape index (κ1) is 14.8. The molecule has 1 saturated carbocycles. The standard InChI is InChI=1S/C18H21BrN2/c19-17-9-7-13(8-10-17)11-18(21-20)16-6-2-5-15(12-16)14-3-1-4-14/h2,5-10,12,14,18,21H,1,3-4,11,20H2. The van der Waals surface area contributed by atoms with E-state index >= 15 is 0 Å². The van der Waals surface area contributed by atoms with Crippen LogP contribution in [0.25, 0.3) is 0 Å². The van der Waals surface area contributed by atoms with Crippen molar-refractivity contribution in [3.05, 3.63) is 69.7 Å². The minimum Gasteiger partial charge on any atom is -0.271 e. The molecule has 3 N–H and O–H groups in total. The van der Waals surface area contributed by atoms with Crippen molar-refractivity contribution in [3.63, 3.8) is 0 Å². The van der Waals surface area contributed by atoms with Crippen LogP contribution in [-0.2, 0) is 6.42 Å². The first-order chi connectivity index (χ1) is 10.3. The Morgan fingerprint density at radius 1 is 1.14 bits per heavy atom. The van der Waals surface area contributed by atoms with Gasteiger partial charge >= 0.3 is 0 Å². The van der Waals surface area contributed by atoms with E-state index in [0.717, 1.165) is 16.8 Å². The van der Waals surface area contributed by atoms with E-state index in [-0.39, 0.29) is 6.04 Å². The van der Waals surface area contributed by atoms with Crippen LogP contribution in [0.15, 0.2) is 53.0 Å². The van der Waals surface area contributed by atoms with Gasteiger partial charge in [-0.25, -0.2) is 0 Å². The molecule has 1 unspecified atom stereocenters. The Balaban J connectivity index is 1.77. The van der Waals surface area contributed by atoms with Crippen molar-refractivity contribution in [2.24, 2.45) is 5.84 Å². The van der Waals surface area contributed by atoms with E-state index in [4.69, 9.17) is 5.84 Å². The highest BCUT2D eigenvalue weighted by Gasteiger charge is 2.20. The van der Waals surface area contributed by atoms with Crippen LogP contribution in [-0.4, -0.2) is 0 Å². The zero-order valence-corrected chi connectivity index (χ0v) is 13.6. The third-order valence-electron chi connectivity index (χ3n) is 4.44. The van der Waals surface area contributed by atoms with E-state index in [0.29, 0.717) is 0 Å². The van der Waals surface area contributed by atoms with E-state index in [1.807, 2.05) is 0 Å². The monoisotopic (exact) mass is 344 g/mol. The molecule has 0 amide bonds. The topological polar surface area (TPSA) is 38.0 Å². The Labute approximate surface area is 134 Å². The molecule has 21 heavy (non-hydrogen) atoms. The molecular formula is C18H21BrN2. The zero-order valence-electron chi connectivity index (χ0n) is 12.1. The van der Waals surface area contributed by atoms with E-state index in [2.05, 4.69) is 69.9 Å². The number of nitrogens with one attached hydrogen (secondary N) is 1. The van der Waals surface area contributed by atoms with Gasteiger partial charge in [0.1, 0.15) is 0 Å². The van der Waals surface area contributed by atoms with Gasteiger partial charge in [-0.05, 0) is 54.0 Å². The summed E-state index contributed by atoms with van der Waals surface area (Å²) in [5.41, 5.74) is 7.01. The third kappa shape index (κ3) is 3.54. The van der Waals surface area contributed by atoms with Crippen molar-refractivity contribution in [2.75, 3.05) is 0 Å². The summed E-state index contributed by atoms with van der Waals surface area (Å²) in [6.07, 6.45) is 4.93. The highest BCUT2D eigenvalue weighted by Crippen LogP contribution is 2.37. The number of halogens is 1. The average Bonchev–Trinajstić information content (AvgIpc) is 2.45. The molecular weight excluding hydrogens is 324 g/mol. The van der Waals surface area contributed by atoms with Crippen LogP contribution in [0.3, 0.4) is 0 Å². The van der Waals surface area contributed by atoms with Crippen LogP contribution < -0.4 is 11.3 Å². The van der Waals surface area contributed by atoms with Crippen molar-refractivity contribution in [2.45, 2.75) is 37.6 Å².